The van der Waals surface area contributed by atoms with Gasteiger partial charge in [-0.25, -0.2) is 0 Å². The van der Waals surface area contributed by atoms with Gasteiger partial charge >= 0.3 is 0 Å². The monoisotopic (exact) mass is 230 g/mol. The van der Waals surface area contributed by atoms with E-state index in [0.29, 0.717) is 6.04 Å². The molecule has 17 heavy (non-hydrogen) atoms. The molecule has 1 fully saturated rings. The fourth-order valence-corrected chi connectivity index (χ4v) is 2.41. The van der Waals surface area contributed by atoms with Crippen LogP contribution in [0.4, 0.5) is 5.69 Å². The summed E-state index contributed by atoms with van der Waals surface area (Å²) in [6.07, 6.45) is 3.90. The van der Waals surface area contributed by atoms with Gasteiger partial charge in [0.15, 0.2) is 0 Å². The molecule has 2 nitrogen and oxygen atoms in total. The zero-order valence-corrected chi connectivity index (χ0v) is 11.1. The summed E-state index contributed by atoms with van der Waals surface area (Å²) in [4.78, 5) is 0. The molecular weight excluding hydrogens is 208 g/mol. The van der Waals surface area contributed by atoms with Crippen molar-refractivity contribution < 1.29 is 0 Å². The highest BCUT2D eigenvalue weighted by Gasteiger charge is 2.19. The first kappa shape index (κ1) is 12.0. The van der Waals surface area contributed by atoms with Crippen LogP contribution >= 0.6 is 0 Å². The third-order valence-electron chi connectivity index (χ3n) is 3.54. The van der Waals surface area contributed by atoms with E-state index in [2.05, 4.69) is 43.2 Å². The quantitative estimate of drug-likeness (QED) is 0.827. The Morgan fingerprint density at radius 1 is 1.29 bits per heavy atom. The third kappa shape index (κ3) is 2.46. The molecule has 92 valence electrons. The molecule has 0 heterocycles. The van der Waals surface area contributed by atoms with E-state index < -0.39 is 0 Å². The zero-order chi connectivity index (χ0) is 12.4. The van der Waals surface area contributed by atoms with Crippen molar-refractivity contribution in [2.75, 3.05) is 12.4 Å². The smallest absolute Gasteiger partial charge is 0.0461 e. The number of hydrogen-bond acceptors (Lipinski definition) is 2. The average Bonchev–Trinajstić information content (AvgIpc) is 2.22. The van der Waals surface area contributed by atoms with Crippen molar-refractivity contribution >= 4 is 11.4 Å². The van der Waals surface area contributed by atoms with Crippen LogP contribution in [-0.4, -0.2) is 13.1 Å². The SMILES string of the molecule is C=C(NC1CCC1)c1cc(C)cc(C)c1NC. The number of nitrogens with one attached hydrogen (secondary N) is 2. The number of anilines is 1. The highest BCUT2D eigenvalue weighted by Crippen LogP contribution is 2.28. The Morgan fingerprint density at radius 2 is 2.00 bits per heavy atom. The molecule has 1 aliphatic carbocycles. The van der Waals surface area contributed by atoms with Gasteiger partial charge in [0.1, 0.15) is 0 Å². The lowest BCUT2D eigenvalue weighted by molar-refractivity contribution is 0.378. The molecule has 0 amide bonds. The lowest BCUT2D eigenvalue weighted by atomic mass is 9.92. The molecule has 0 aromatic heterocycles. The molecule has 2 rings (SSSR count). The summed E-state index contributed by atoms with van der Waals surface area (Å²) in [5, 5.41) is 6.81. The van der Waals surface area contributed by atoms with Crippen molar-refractivity contribution in [2.45, 2.75) is 39.2 Å². The van der Waals surface area contributed by atoms with Crippen LogP contribution in [0.5, 0.6) is 0 Å². The molecule has 0 unspecified atom stereocenters. The van der Waals surface area contributed by atoms with Gasteiger partial charge in [-0.1, -0.05) is 18.2 Å². The summed E-state index contributed by atoms with van der Waals surface area (Å²) in [5.41, 5.74) is 6.00. The lowest BCUT2D eigenvalue weighted by Gasteiger charge is -2.29. The van der Waals surface area contributed by atoms with E-state index in [9.17, 15) is 0 Å². The summed E-state index contributed by atoms with van der Waals surface area (Å²) in [6.45, 7) is 8.46. The van der Waals surface area contributed by atoms with Gasteiger partial charge < -0.3 is 10.6 Å². The standard InChI is InChI=1S/C15H22N2/c1-10-8-11(2)15(16-4)14(9-10)12(3)17-13-6-5-7-13/h8-9,13,16-17H,3,5-7H2,1-2,4H3. The minimum absolute atomic E-state index is 0.632. The molecule has 0 bridgehead atoms. The molecule has 0 radical (unpaired) electrons. The normalized spacial score (nSPS) is 15.2. The third-order valence-corrected chi connectivity index (χ3v) is 3.54. The Bertz CT molecular complexity index is 431. The van der Waals surface area contributed by atoms with Crippen molar-refractivity contribution in [1.29, 1.82) is 0 Å². The number of rotatable bonds is 4. The highest BCUT2D eigenvalue weighted by atomic mass is 14.9. The maximum Gasteiger partial charge on any atom is 0.0461 e. The molecule has 1 aliphatic rings. The van der Waals surface area contributed by atoms with Crippen molar-refractivity contribution in [2.24, 2.45) is 0 Å². The summed E-state index contributed by atoms with van der Waals surface area (Å²) < 4.78 is 0. The first-order chi connectivity index (χ1) is 8.11. The Labute approximate surface area is 104 Å². The van der Waals surface area contributed by atoms with Crippen LogP contribution in [0.1, 0.15) is 36.0 Å². The summed E-state index contributed by atoms with van der Waals surface area (Å²) in [7, 11) is 1.97. The minimum Gasteiger partial charge on any atom is -0.387 e. The van der Waals surface area contributed by atoms with Crippen molar-refractivity contribution in [3.05, 3.63) is 35.4 Å². The van der Waals surface area contributed by atoms with E-state index in [4.69, 9.17) is 0 Å². The molecule has 2 heteroatoms. The van der Waals surface area contributed by atoms with Gasteiger partial charge in [0.2, 0.25) is 0 Å². The molecular formula is C15H22N2. The Balaban J connectivity index is 2.25. The molecule has 0 aliphatic heterocycles. The number of hydrogen-bond donors (Lipinski definition) is 2. The number of aryl methyl sites for hydroxylation is 2. The second-order valence-electron chi connectivity index (χ2n) is 5.01. The van der Waals surface area contributed by atoms with E-state index in [1.807, 2.05) is 7.05 Å². The van der Waals surface area contributed by atoms with Crippen LogP contribution in [0.15, 0.2) is 18.7 Å². The molecule has 1 aromatic carbocycles. The summed E-state index contributed by atoms with van der Waals surface area (Å²) in [6, 6.07) is 5.03. The second-order valence-corrected chi connectivity index (χ2v) is 5.01. The van der Waals surface area contributed by atoms with E-state index in [-0.39, 0.29) is 0 Å². The van der Waals surface area contributed by atoms with Crippen molar-refractivity contribution in [3.63, 3.8) is 0 Å². The minimum atomic E-state index is 0.632. The van der Waals surface area contributed by atoms with Crippen molar-refractivity contribution in [1.82, 2.24) is 5.32 Å². The van der Waals surface area contributed by atoms with Gasteiger partial charge in [-0.2, -0.15) is 0 Å². The Hall–Kier alpha value is -1.44. The number of benzene rings is 1. The van der Waals surface area contributed by atoms with E-state index in [1.165, 1.54) is 41.6 Å². The van der Waals surface area contributed by atoms with Crippen LogP contribution in [-0.2, 0) is 0 Å². The van der Waals surface area contributed by atoms with Crippen LogP contribution in [0.3, 0.4) is 0 Å². The summed E-state index contributed by atoms with van der Waals surface area (Å²) >= 11 is 0. The summed E-state index contributed by atoms with van der Waals surface area (Å²) in [5.74, 6) is 0. The maximum atomic E-state index is 4.19. The maximum absolute atomic E-state index is 4.19. The molecule has 0 saturated heterocycles. The second kappa shape index (κ2) is 4.82. The average molecular weight is 230 g/mol. The first-order valence-electron chi connectivity index (χ1n) is 6.36. The Kier molecular flexibility index (Phi) is 3.41. The zero-order valence-electron chi connectivity index (χ0n) is 11.1. The van der Waals surface area contributed by atoms with Crippen LogP contribution in [0, 0.1) is 13.8 Å². The van der Waals surface area contributed by atoms with E-state index in [1.54, 1.807) is 0 Å². The predicted molar refractivity (Wildman–Crippen MR) is 75.3 cm³/mol. The topological polar surface area (TPSA) is 24.1 Å². The fraction of sp³-hybridized carbons (Fsp3) is 0.467. The predicted octanol–water partition coefficient (Wildman–Crippen LogP) is 3.46. The first-order valence-corrected chi connectivity index (χ1v) is 6.36. The molecule has 1 saturated carbocycles. The molecule has 0 spiro atoms. The Morgan fingerprint density at radius 3 is 2.53 bits per heavy atom. The van der Waals surface area contributed by atoms with Crippen LogP contribution < -0.4 is 10.6 Å². The molecule has 2 N–H and O–H groups in total. The largest absolute Gasteiger partial charge is 0.387 e. The fourth-order valence-electron chi connectivity index (χ4n) is 2.41. The van der Waals surface area contributed by atoms with Crippen molar-refractivity contribution in [3.8, 4) is 0 Å². The molecule has 0 atom stereocenters. The highest BCUT2D eigenvalue weighted by molar-refractivity contribution is 5.77. The van der Waals surface area contributed by atoms with Gasteiger partial charge in [-0.15, -0.1) is 0 Å². The van der Waals surface area contributed by atoms with Gasteiger partial charge in [-0.05, 0) is 44.7 Å². The van der Waals surface area contributed by atoms with Crippen LogP contribution in [0.2, 0.25) is 0 Å². The van der Waals surface area contributed by atoms with Gasteiger partial charge in [0.25, 0.3) is 0 Å². The van der Waals surface area contributed by atoms with Gasteiger partial charge in [0.05, 0.1) is 0 Å². The van der Waals surface area contributed by atoms with Crippen LogP contribution in [0.25, 0.3) is 5.70 Å². The van der Waals surface area contributed by atoms with Gasteiger partial charge in [0, 0.05) is 30.0 Å². The van der Waals surface area contributed by atoms with E-state index >= 15 is 0 Å². The molecule has 1 aromatic rings. The van der Waals surface area contributed by atoms with Gasteiger partial charge in [-0.3, -0.25) is 0 Å². The van der Waals surface area contributed by atoms with E-state index in [0.717, 1.165) is 5.70 Å². The lowest BCUT2D eigenvalue weighted by Crippen LogP contribution is -2.33.